The molecule has 6 nitrogen and oxygen atoms in total. The number of rotatable bonds is 7. The summed E-state index contributed by atoms with van der Waals surface area (Å²) in [7, 11) is -1.61. The van der Waals surface area contributed by atoms with Gasteiger partial charge in [-0.05, 0) is 23.6 Å². The Kier molecular flexibility index (Phi) is 10.6. The lowest BCUT2D eigenvalue weighted by Gasteiger charge is -2.19. The van der Waals surface area contributed by atoms with Crippen LogP contribution in [0.25, 0.3) is 0 Å². The fraction of sp³-hybridized carbons (Fsp3) is 0.333. The fourth-order valence-electron chi connectivity index (χ4n) is 2.23. The van der Waals surface area contributed by atoms with Crippen molar-refractivity contribution in [2.45, 2.75) is 33.2 Å². The Morgan fingerprint density at radius 1 is 0.929 bits per heavy atom. The zero-order chi connectivity index (χ0) is 20.9. The van der Waals surface area contributed by atoms with Crippen molar-refractivity contribution >= 4 is 18.9 Å². The predicted molar refractivity (Wildman–Crippen MR) is 111 cm³/mol. The van der Waals surface area contributed by atoms with Crippen LogP contribution in [0.2, 0.25) is 0 Å². The Hall–Kier alpha value is -2.64. The number of benzene rings is 2. The van der Waals surface area contributed by atoms with Crippen LogP contribution in [0.3, 0.4) is 0 Å². The van der Waals surface area contributed by atoms with Crippen LogP contribution in [-0.4, -0.2) is 35.4 Å². The second-order valence-corrected chi connectivity index (χ2v) is 7.02. The van der Waals surface area contributed by atoms with Gasteiger partial charge in [-0.25, -0.2) is 0 Å². The SMILES string of the molecule is CC(C)C.O=C(CC(NC(=O)c1ccccc1)c1ccccc1)NCB(O)O. The molecule has 2 rings (SSSR count). The molecule has 1 unspecified atom stereocenters. The van der Waals surface area contributed by atoms with Crippen molar-refractivity contribution in [2.75, 3.05) is 6.44 Å². The molecule has 0 aliphatic heterocycles. The standard InChI is InChI=1S/C17H19BN2O4.C4H10/c21-16(19-12-18(23)24)11-15(13-7-3-1-4-8-13)20-17(22)14-9-5-2-6-10-14;1-4(2)3/h1-10,15,23-24H,11-12H2,(H,19,21)(H,20,22);4H,1-3H3. The molecule has 0 spiro atoms. The third-order valence-corrected chi connectivity index (χ3v) is 3.41. The van der Waals surface area contributed by atoms with Gasteiger partial charge in [-0.2, -0.15) is 0 Å². The van der Waals surface area contributed by atoms with Gasteiger partial charge in [-0.1, -0.05) is 69.3 Å². The van der Waals surface area contributed by atoms with Crippen molar-refractivity contribution in [2.24, 2.45) is 5.92 Å². The molecule has 150 valence electrons. The number of carbonyl (C=O) groups is 2. The van der Waals surface area contributed by atoms with Crippen LogP contribution in [0.1, 0.15) is 49.2 Å². The number of carbonyl (C=O) groups excluding carboxylic acids is 2. The van der Waals surface area contributed by atoms with E-state index < -0.39 is 13.2 Å². The summed E-state index contributed by atoms with van der Waals surface area (Å²) in [6.07, 6.45) is -0.262. The Morgan fingerprint density at radius 2 is 1.43 bits per heavy atom. The normalized spacial score (nSPS) is 11.1. The first kappa shape index (κ1) is 23.4. The lowest BCUT2D eigenvalue weighted by Crippen LogP contribution is -2.38. The van der Waals surface area contributed by atoms with Crippen molar-refractivity contribution in [1.29, 1.82) is 0 Å². The zero-order valence-corrected chi connectivity index (χ0v) is 16.6. The van der Waals surface area contributed by atoms with Crippen molar-refractivity contribution in [3.05, 3.63) is 71.8 Å². The van der Waals surface area contributed by atoms with Crippen LogP contribution < -0.4 is 10.6 Å². The molecule has 2 aromatic carbocycles. The van der Waals surface area contributed by atoms with Gasteiger partial charge in [0.05, 0.1) is 18.9 Å². The van der Waals surface area contributed by atoms with Crippen molar-refractivity contribution in [3.8, 4) is 0 Å². The highest BCUT2D eigenvalue weighted by atomic mass is 16.4. The topological polar surface area (TPSA) is 98.7 Å². The van der Waals surface area contributed by atoms with Crippen molar-refractivity contribution < 1.29 is 19.6 Å². The first-order valence-corrected chi connectivity index (χ1v) is 9.33. The second-order valence-electron chi connectivity index (χ2n) is 7.02. The molecule has 1 atom stereocenters. The van der Waals surface area contributed by atoms with Crippen LogP contribution in [0.5, 0.6) is 0 Å². The highest BCUT2D eigenvalue weighted by Crippen LogP contribution is 2.17. The number of nitrogens with one attached hydrogen (secondary N) is 2. The Bertz CT molecular complexity index is 706. The van der Waals surface area contributed by atoms with Crippen LogP contribution in [0.4, 0.5) is 0 Å². The van der Waals surface area contributed by atoms with Crippen LogP contribution in [-0.2, 0) is 4.79 Å². The molecule has 2 amide bonds. The Morgan fingerprint density at radius 3 is 1.93 bits per heavy atom. The molecule has 28 heavy (non-hydrogen) atoms. The van der Waals surface area contributed by atoms with Gasteiger partial charge in [0.1, 0.15) is 0 Å². The molecule has 0 heterocycles. The van der Waals surface area contributed by atoms with Gasteiger partial charge in [0.2, 0.25) is 5.91 Å². The summed E-state index contributed by atoms with van der Waals surface area (Å²) in [6, 6.07) is 17.4. The van der Waals surface area contributed by atoms with E-state index in [0.717, 1.165) is 11.5 Å². The maximum absolute atomic E-state index is 12.4. The third kappa shape index (κ3) is 9.90. The molecular formula is C21H29BN2O4. The van der Waals surface area contributed by atoms with E-state index in [2.05, 4.69) is 31.4 Å². The van der Waals surface area contributed by atoms with Crippen molar-refractivity contribution in [1.82, 2.24) is 10.6 Å². The fourth-order valence-corrected chi connectivity index (χ4v) is 2.23. The minimum Gasteiger partial charge on any atom is -0.426 e. The predicted octanol–water partition coefficient (Wildman–Crippen LogP) is 2.34. The molecule has 0 bridgehead atoms. The smallest absolute Gasteiger partial charge is 0.426 e. The molecule has 0 saturated carbocycles. The first-order chi connectivity index (χ1) is 13.3. The highest BCUT2D eigenvalue weighted by Gasteiger charge is 2.20. The summed E-state index contributed by atoms with van der Waals surface area (Å²) < 4.78 is 0. The van der Waals surface area contributed by atoms with Gasteiger partial charge in [0, 0.05) is 5.56 Å². The molecule has 0 aromatic heterocycles. The maximum atomic E-state index is 12.4. The van der Waals surface area contributed by atoms with Gasteiger partial charge in [-0.15, -0.1) is 0 Å². The van der Waals surface area contributed by atoms with E-state index in [1.54, 1.807) is 24.3 Å². The average molecular weight is 384 g/mol. The van der Waals surface area contributed by atoms with Gasteiger partial charge >= 0.3 is 7.12 Å². The van der Waals surface area contributed by atoms with Crippen LogP contribution in [0, 0.1) is 5.92 Å². The number of hydrogen-bond donors (Lipinski definition) is 4. The van der Waals surface area contributed by atoms with Gasteiger partial charge in [0.25, 0.3) is 5.91 Å². The van der Waals surface area contributed by atoms with E-state index in [9.17, 15) is 9.59 Å². The summed E-state index contributed by atoms with van der Waals surface area (Å²) in [4.78, 5) is 24.3. The van der Waals surface area contributed by atoms with E-state index >= 15 is 0 Å². The molecule has 7 heteroatoms. The van der Waals surface area contributed by atoms with Crippen LogP contribution >= 0.6 is 0 Å². The Balaban J connectivity index is 0.000000892. The molecule has 0 radical (unpaired) electrons. The highest BCUT2D eigenvalue weighted by molar-refractivity contribution is 6.41. The van der Waals surface area contributed by atoms with Crippen molar-refractivity contribution in [3.63, 3.8) is 0 Å². The lowest BCUT2D eigenvalue weighted by molar-refractivity contribution is -0.121. The minimum absolute atomic E-state index is 0.00466. The number of amides is 2. The second kappa shape index (κ2) is 12.7. The molecular weight excluding hydrogens is 355 g/mol. The first-order valence-electron chi connectivity index (χ1n) is 9.33. The van der Waals surface area contributed by atoms with E-state index in [4.69, 9.17) is 10.0 Å². The largest absolute Gasteiger partial charge is 0.472 e. The van der Waals surface area contributed by atoms with E-state index in [1.165, 1.54) is 0 Å². The third-order valence-electron chi connectivity index (χ3n) is 3.41. The molecule has 0 saturated heterocycles. The minimum atomic E-state index is -1.61. The van der Waals surface area contributed by atoms with E-state index in [-0.39, 0.29) is 24.7 Å². The molecule has 0 aliphatic carbocycles. The van der Waals surface area contributed by atoms with Gasteiger partial charge in [-0.3, -0.25) is 9.59 Å². The zero-order valence-electron chi connectivity index (χ0n) is 16.6. The molecule has 2 aromatic rings. The molecule has 0 fully saturated rings. The quantitative estimate of drug-likeness (QED) is 0.551. The van der Waals surface area contributed by atoms with Crippen LogP contribution in [0.15, 0.2) is 60.7 Å². The lowest BCUT2D eigenvalue weighted by atomic mass is 9.92. The van der Waals surface area contributed by atoms with Gasteiger partial charge < -0.3 is 20.7 Å². The van der Waals surface area contributed by atoms with E-state index in [0.29, 0.717) is 5.56 Å². The number of hydrogen-bond acceptors (Lipinski definition) is 4. The maximum Gasteiger partial charge on any atom is 0.472 e. The monoisotopic (exact) mass is 384 g/mol. The van der Waals surface area contributed by atoms with Gasteiger partial charge in [0.15, 0.2) is 0 Å². The summed E-state index contributed by atoms with van der Waals surface area (Å²) in [5, 5.41) is 22.9. The molecule has 4 N–H and O–H groups in total. The summed E-state index contributed by atoms with van der Waals surface area (Å²) >= 11 is 0. The van der Waals surface area contributed by atoms with E-state index in [1.807, 2.05) is 36.4 Å². The molecule has 0 aliphatic rings. The Labute approximate surface area is 167 Å². The average Bonchev–Trinajstić information content (AvgIpc) is 2.66. The summed E-state index contributed by atoms with van der Waals surface area (Å²) in [5.74, 6) is 0.171. The summed E-state index contributed by atoms with van der Waals surface area (Å²) in [5.41, 5.74) is 1.30. The summed E-state index contributed by atoms with van der Waals surface area (Å²) in [6.45, 7) is 6.50.